The van der Waals surface area contributed by atoms with E-state index >= 15 is 0 Å². The fraction of sp³-hybridized carbons (Fsp3) is 0.0182. The normalized spacial score (nSPS) is 13.2. The summed E-state index contributed by atoms with van der Waals surface area (Å²) in [4.78, 5) is 10.2. The van der Waals surface area contributed by atoms with E-state index in [-0.39, 0.29) is 0 Å². The minimum Gasteiger partial charge on any atom is -0.236 e. The average molecular weight is 785 g/mol. The van der Waals surface area contributed by atoms with Gasteiger partial charge in [-0.3, -0.25) is 0 Å². The first-order valence-electron chi connectivity index (χ1n) is 20.0. The summed E-state index contributed by atoms with van der Waals surface area (Å²) in [5.74, 6) is 0. The Kier molecular flexibility index (Phi) is 7.00. The highest BCUT2D eigenvalue weighted by molar-refractivity contribution is 7.22. The number of aromatic nitrogens is 2. The molecular weight excluding hydrogens is 753 g/mol. The molecule has 0 bridgehead atoms. The van der Waals surface area contributed by atoms with Crippen molar-refractivity contribution < 1.29 is 0 Å². The smallest absolute Gasteiger partial charge is 0.124 e. The van der Waals surface area contributed by atoms with Crippen LogP contribution in [0.25, 0.3) is 96.9 Å². The van der Waals surface area contributed by atoms with Crippen molar-refractivity contribution in [3.8, 4) is 65.6 Å². The molecule has 2 nitrogen and oxygen atoms in total. The molecule has 0 N–H and O–H groups in total. The quantitative estimate of drug-likeness (QED) is 0.178. The van der Waals surface area contributed by atoms with Crippen molar-refractivity contribution in [2.45, 2.75) is 5.41 Å². The molecule has 0 aliphatic heterocycles. The number of nitrogens with zero attached hydrogens (tertiary/aromatic N) is 2. The molecule has 13 rings (SSSR count). The molecule has 0 saturated heterocycles. The second-order valence-corrected chi connectivity index (χ2v) is 17.7. The Morgan fingerprint density at radius 3 is 1.56 bits per heavy atom. The van der Waals surface area contributed by atoms with Gasteiger partial charge in [0.05, 0.1) is 25.8 Å². The van der Waals surface area contributed by atoms with Crippen LogP contribution in [-0.2, 0) is 5.41 Å². The Bertz CT molecular complexity index is 3330. The minimum absolute atomic E-state index is 0.423. The van der Waals surface area contributed by atoms with Gasteiger partial charge in [-0.25, -0.2) is 9.97 Å². The van der Waals surface area contributed by atoms with E-state index in [1.54, 1.807) is 22.7 Å². The van der Waals surface area contributed by atoms with Gasteiger partial charge in [0.25, 0.3) is 0 Å². The van der Waals surface area contributed by atoms with Gasteiger partial charge in [-0.15, -0.1) is 22.7 Å². The van der Waals surface area contributed by atoms with E-state index in [0.29, 0.717) is 0 Å². The number of hydrogen-bond acceptors (Lipinski definition) is 4. The molecule has 0 saturated carbocycles. The first kappa shape index (κ1) is 33.0. The van der Waals surface area contributed by atoms with Crippen LogP contribution in [0.2, 0.25) is 0 Å². The van der Waals surface area contributed by atoms with E-state index < -0.39 is 5.41 Å². The predicted molar refractivity (Wildman–Crippen MR) is 248 cm³/mol. The third kappa shape index (κ3) is 4.79. The molecule has 59 heavy (non-hydrogen) atoms. The molecule has 9 aromatic carbocycles. The third-order valence-corrected chi connectivity index (χ3v) is 14.7. The summed E-state index contributed by atoms with van der Waals surface area (Å²) < 4.78 is 2.38. The number of benzene rings is 9. The van der Waals surface area contributed by atoms with Gasteiger partial charge >= 0.3 is 0 Å². The van der Waals surface area contributed by atoms with Crippen LogP contribution in [0.5, 0.6) is 0 Å². The second kappa shape index (κ2) is 12.5. The molecule has 0 amide bonds. The van der Waals surface area contributed by atoms with Gasteiger partial charge in [0.2, 0.25) is 0 Å². The molecule has 0 fully saturated rings. The molecule has 2 heterocycles. The van der Waals surface area contributed by atoms with Gasteiger partial charge in [0, 0.05) is 11.1 Å². The zero-order valence-electron chi connectivity index (χ0n) is 31.7. The molecule has 2 aliphatic rings. The molecule has 274 valence electrons. The summed E-state index contributed by atoms with van der Waals surface area (Å²) >= 11 is 3.48. The summed E-state index contributed by atoms with van der Waals surface area (Å²) in [6, 6.07) is 71.7. The van der Waals surface area contributed by atoms with Crippen LogP contribution >= 0.6 is 22.7 Å². The number of thiazole rings is 2. The molecule has 0 atom stereocenters. The highest BCUT2D eigenvalue weighted by atomic mass is 32.1. The lowest BCUT2D eigenvalue weighted by molar-refractivity contribution is 0.795. The van der Waals surface area contributed by atoms with E-state index in [4.69, 9.17) is 9.97 Å². The van der Waals surface area contributed by atoms with Gasteiger partial charge in [0.15, 0.2) is 0 Å². The molecule has 0 radical (unpaired) electrons. The van der Waals surface area contributed by atoms with E-state index in [9.17, 15) is 0 Å². The number of hydrogen-bond donors (Lipinski definition) is 0. The Hall–Kier alpha value is -6.98. The minimum atomic E-state index is -0.423. The van der Waals surface area contributed by atoms with Crippen LogP contribution in [-0.4, -0.2) is 9.97 Å². The SMILES string of the molecule is c1cc(-c2cc(-c3nc4ccccc4s3)cc(-c3nc4ccccc4s3)c2)cc(-c2ccc3c(c2)C2(c4ccccc4-c4ccccc42)c2ccc4ccccc4c2-3)c1. The third-order valence-electron chi connectivity index (χ3n) is 12.5. The fourth-order valence-electron chi connectivity index (χ4n) is 10.00. The summed E-state index contributed by atoms with van der Waals surface area (Å²) in [5.41, 5.74) is 19.3. The van der Waals surface area contributed by atoms with E-state index in [1.165, 1.54) is 75.8 Å². The average Bonchev–Trinajstić information content (AvgIpc) is 4.08. The highest BCUT2D eigenvalue weighted by Crippen LogP contribution is 2.64. The van der Waals surface area contributed by atoms with Gasteiger partial charge in [-0.1, -0.05) is 140 Å². The van der Waals surface area contributed by atoms with Crippen molar-refractivity contribution in [3.63, 3.8) is 0 Å². The standard InChI is InChI=1S/C55H32N2S2/c1-2-15-40-33(12-1)25-27-46-52(40)43-26-24-36(32-47(43)55(46)44-18-5-3-16-41(44)42-17-4-6-19-45(42)55)34-13-11-14-35(28-34)37-29-38(53-56-48-20-7-9-22-50(48)58-53)31-39(30-37)54-57-49-21-8-10-23-51(49)59-54/h1-32H. The Labute approximate surface area is 349 Å². The lowest BCUT2D eigenvalue weighted by atomic mass is 9.70. The lowest BCUT2D eigenvalue weighted by Gasteiger charge is -2.31. The molecule has 2 aliphatic carbocycles. The van der Waals surface area contributed by atoms with Gasteiger partial charge in [0.1, 0.15) is 10.0 Å². The maximum Gasteiger partial charge on any atom is 0.124 e. The van der Waals surface area contributed by atoms with Crippen LogP contribution in [0.3, 0.4) is 0 Å². The van der Waals surface area contributed by atoms with Crippen molar-refractivity contribution in [1.29, 1.82) is 0 Å². The summed E-state index contributed by atoms with van der Waals surface area (Å²) in [6.07, 6.45) is 0. The zero-order chi connectivity index (χ0) is 38.7. The maximum atomic E-state index is 5.10. The molecule has 11 aromatic rings. The first-order chi connectivity index (χ1) is 29.2. The first-order valence-corrected chi connectivity index (χ1v) is 21.7. The van der Waals surface area contributed by atoms with Crippen LogP contribution < -0.4 is 0 Å². The highest BCUT2D eigenvalue weighted by Gasteiger charge is 2.52. The Balaban J connectivity index is 1.01. The van der Waals surface area contributed by atoms with Crippen molar-refractivity contribution in [3.05, 3.63) is 216 Å². The molecule has 4 heteroatoms. The Morgan fingerprint density at radius 2 is 0.881 bits per heavy atom. The van der Waals surface area contributed by atoms with Crippen LogP contribution in [0.15, 0.2) is 194 Å². The predicted octanol–water partition coefficient (Wildman–Crippen LogP) is 15.1. The molecule has 1 spiro atoms. The van der Waals surface area contributed by atoms with Gasteiger partial charge in [-0.05, 0) is 132 Å². The van der Waals surface area contributed by atoms with Gasteiger partial charge < -0.3 is 0 Å². The van der Waals surface area contributed by atoms with Crippen molar-refractivity contribution in [1.82, 2.24) is 9.97 Å². The summed E-state index contributed by atoms with van der Waals surface area (Å²) in [5, 5.41) is 4.60. The number of fused-ring (bicyclic) bond motifs is 14. The largest absolute Gasteiger partial charge is 0.236 e. The van der Waals surface area contributed by atoms with Crippen LogP contribution in [0.4, 0.5) is 0 Å². The monoisotopic (exact) mass is 784 g/mol. The number of para-hydroxylation sites is 2. The lowest BCUT2D eigenvalue weighted by Crippen LogP contribution is -2.25. The fourth-order valence-corrected chi connectivity index (χ4v) is 11.9. The Morgan fingerprint density at radius 1 is 0.339 bits per heavy atom. The van der Waals surface area contributed by atoms with Crippen molar-refractivity contribution in [2.24, 2.45) is 0 Å². The van der Waals surface area contributed by atoms with E-state index in [2.05, 4.69) is 194 Å². The maximum absolute atomic E-state index is 5.10. The van der Waals surface area contributed by atoms with Crippen molar-refractivity contribution >= 4 is 53.9 Å². The number of rotatable bonds is 4. The van der Waals surface area contributed by atoms with E-state index in [1.807, 2.05) is 0 Å². The van der Waals surface area contributed by atoms with Crippen LogP contribution in [0.1, 0.15) is 22.3 Å². The molecule has 0 unspecified atom stereocenters. The summed E-state index contributed by atoms with van der Waals surface area (Å²) in [7, 11) is 0. The molecule has 2 aromatic heterocycles. The topological polar surface area (TPSA) is 25.8 Å². The van der Waals surface area contributed by atoms with Gasteiger partial charge in [-0.2, -0.15) is 0 Å². The zero-order valence-corrected chi connectivity index (χ0v) is 33.3. The summed E-state index contributed by atoms with van der Waals surface area (Å²) in [6.45, 7) is 0. The van der Waals surface area contributed by atoms with Crippen molar-refractivity contribution in [2.75, 3.05) is 0 Å². The van der Waals surface area contributed by atoms with Crippen LogP contribution in [0, 0.1) is 0 Å². The van der Waals surface area contributed by atoms with E-state index in [0.717, 1.165) is 43.3 Å². The second-order valence-electron chi connectivity index (χ2n) is 15.7. The molecular formula is C55H32N2S2.